The molecule has 0 spiro atoms. The van der Waals surface area contributed by atoms with Crippen molar-refractivity contribution in [2.45, 2.75) is 18.8 Å². The molecule has 1 heterocycles. The molecule has 2 rings (SSSR count). The molecule has 1 saturated heterocycles. The molecule has 1 aromatic rings. The zero-order chi connectivity index (χ0) is 9.97. The summed E-state index contributed by atoms with van der Waals surface area (Å²) in [5.41, 5.74) is 0.755. The van der Waals surface area contributed by atoms with Crippen LogP contribution in [0.4, 0.5) is 8.78 Å². The Bertz CT molecular complexity index is 299. The molecule has 14 heavy (non-hydrogen) atoms. The van der Waals surface area contributed by atoms with E-state index >= 15 is 0 Å². The van der Waals surface area contributed by atoms with Crippen molar-refractivity contribution in [3.8, 4) is 0 Å². The van der Waals surface area contributed by atoms with Gasteiger partial charge in [0.1, 0.15) is 11.6 Å². The maximum atomic E-state index is 12.9. The summed E-state index contributed by atoms with van der Waals surface area (Å²) < 4.78 is 31.0. The van der Waals surface area contributed by atoms with Gasteiger partial charge in [0.15, 0.2) is 0 Å². The second-order valence-electron chi connectivity index (χ2n) is 3.59. The van der Waals surface area contributed by atoms with Gasteiger partial charge in [-0.05, 0) is 36.5 Å². The largest absolute Gasteiger partial charge is 0.381 e. The predicted octanol–water partition coefficient (Wildman–Crippen LogP) is 2.86. The molecule has 76 valence electrons. The standard InChI is InChI=1S/C11H12F2O/c12-10-5-9(6-11(13)7-10)8-1-3-14-4-2-8/h5-8H,1-4H2. The Labute approximate surface area is 81.7 Å². The first-order chi connectivity index (χ1) is 6.75. The zero-order valence-corrected chi connectivity index (χ0v) is 7.80. The van der Waals surface area contributed by atoms with Crippen LogP contribution in [0.1, 0.15) is 24.3 Å². The lowest BCUT2D eigenvalue weighted by Crippen LogP contribution is -2.14. The molecule has 1 fully saturated rings. The summed E-state index contributed by atoms with van der Waals surface area (Å²) >= 11 is 0. The molecular weight excluding hydrogens is 186 g/mol. The summed E-state index contributed by atoms with van der Waals surface area (Å²) in [7, 11) is 0. The van der Waals surface area contributed by atoms with Gasteiger partial charge in [-0.25, -0.2) is 8.78 Å². The molecule has 0 aliphatic carbocycles. The molecule has 0 unspecified atom stereocenters. The van der Waals surface area contributed by atoms with Crippen molar-refractivity contribution < 1.29 is 13.5 Å². The normalized spacial score (nSPS) is 18.4. The number of rotatable bonds is 1. The minimum absolute atomic E-state index is 0.244. The average Bonchev–Trinajstić information content (AvgIpc) is 2.18. The average molecular weight is 198 g/mol. The highest BCUT2D eigenvalue weighted by Crippen LogP contribution is 2.27. The molecule has 3 heteroatoms. The molecule has 1 aliphatic heterocycles. The van der Waals surface area contributed by atoms with Crippen LogP contribution in [-0.4, -0.2) is 13.2 Å². The lowest BCUT2D eigenvalue weighted by atomic mass is 9.92. The Hall–Kier alpha value is -0.960. The zero-order valence-electron chi connectivity index (χ0n) is 7.80. The first kappa shape index (κ1) is 9.59. The van der Waals surface area contributed by atoms with E-state index in [0.29, 0.717) is 13.2 Å². The molecule has 0 N–H and O–H groups in total. The third-order valence-electron chi connectivity index (χ3n) is 2.58. The van der Waals surface area contributed by atoms with Crippen molar-refractivity contribution in [3.63, 3.8) is 0 Å². The SMILES string of the molecule is Fc1cc(F)cc(C2CCOCC2)c1. The predicted molar refractivity (Wildman–Crippen MR) is 49.2 cm³/mol. The van der Waals surface area contributed by atoms with Crippen molar-refractivity contribution >= 4 is 0 Å². The van der Waals surface area contributed by atoms with Crippen molar-refractivity contribution in [1.29, 1.82) is 0 Å². The highest BCUT2D eigenvalue weighted by atomic mass is 19.1. The summed E-state index contributed by atoms with van der Waals surface area (Å²) in [5, 5.41) is 0. The van der Waals surface area contributed by atoms with Crippen molar-refractivity contribution in [1.82, 2.24) is 0 Å². The monoisotopic (exact) mass is 198 g/mol. The van der Waals surface area contributed by atoms with Crippen LogP contribution in [0, 0.1) is 11.6 Å². The van der Waals surface area contributed by atoms with Crippen LogP contribution in [0.3, 0.4) is 0 Å². The van der Waals surface area contributed by atoms with Crippen LogP contribution < -0.4 is 0 Å². The van der Waals surface area contributed by atoms with Crippen molar-refractivity contribution in [2.75, 3.05) is 13.2 Å². The van der Waals surface area contributed by atoms with Crippen LogP contribution in [0.2, 0.25) is 0 Å². The molecule has 0 atom stereocenters. The van der Waals surface area contributed by atoms with Gasteiger partial charge in [0.25, 0.3) is 0 Å². The van der Waals surface area contributed by atoms with E-state index in [9.17, 15) is 8.78 Å². The topological polar surface area (TPSA) is 9.23 Å². The first-order valence-corrected chi connectivity index (χ1v) is 4.79. The minimum atomic E-state index is -0.494. The van der Waals surface area contributed by atoms with Gasteiger partial charge in [0, 0.05) is 19.3 Å². The Morgan fingerprint density at radius 3 is 2.14 bits per heavy atom. The second kappa shape index (κ2) is 4.05. The molecule has 1 nitrogen and oxygen atoms in total. The number of benzene rings is 1. The molecular formula is C11H12F2O. The number of hydrogen-bond donors (Lipinski definition) is 0. The maximum Gasteiger partial charge on any atom is 0.126 e. The van der Waals surface area contributed by atoms with Crippen LogP contribution in [0.15, 0.2) is 18.2 Å². The van der Waals surface area contributed by atoms with E-state index in [1.165, 1.54) is 12.1 Å². The van der Waals surface area contributed by atoms with Crippen LogP contribution in [0.25, 0.3) is 0 Å². The summed E-state index contributed by atoms with van der Waals surface area (Å²) in [5.74, 6) is -0.744. The summed E-state index contributed by atoms with van der Waals surface area (Å²) in [6, 6.07) is 3.74. The van der Waals surface area contributed by atoms with Gasteiger partial charge in [0.05, 0.1) is 0 Å². The minimum Gasteiger partial charge on any atom is -0.381 e. The Kier molecular flexibility index (Phi) is 2.77. The van der Waals surface area contributed by atoms with Crippen molar-refractivity contribution in [2.24, 2.45) is 0 Å². The smallest absolute Gasteiger partial charge is 0.126 e. The molecule has 0 bridgehead atoms. The Morgan fingerprint density at radius 2 is 1.57 bits per heavy atom. The van der Waals surface area contributed by atoms with E-state index in [4.69, 9.17) is 4.74 Å². The van der Waals surface area contributed by atoms with Gasteiger partial charge in [0.2, 0.25) is 0 Å². The molecule has 1 aromatic carbocycles. The first-order valence-electron chi connectivity index (χ1n) is 4.79. The molecule has 0 radical (unpaired) electrons. The van der Waals surface area contributed by atoms with Crippen molar-refractivity contribution in [3.05, 3.63) is 35.4 Å². The highest BCUT2D eigenvalue weighted by Gasteiger charge is 2.17. The fraction of sp³-hybridized carbons (Fsp3) is 0.455. The lowest BCUT2D eigenvalue weighted by molar-refractivity contribution is 0.0852. The Morgan fingerprint density at radius 1 is 1.00 bits per heavy atom. The molecule has 0 saturated carbocycles. The van der Waals surface area contributed by atoms with Crippen LogP contribution >= 0.6 is 0 Å². The summed E-state index contributed by atoms with van der Waals surface area (Å²) in [6.45, 7) is 1.37. The van der Waals surface area contributed by atoms with Gasteiger partial charge in [-0.1, -0.05) is 0 Å². The third kappa shape index (κ3) is 2.10. The van der Waals surface area contributed by atoms with Gasteiger partial charge >= 0.3 is 0 Å². The van der Waals surface area contributed by atoms with Crippen LogP contribution in [-0.2, 0) is 4.74 Å². The van der Waals surface area contributed by atoms with E-state index in [1.807, 2.05) is 0 Å². The van der Waals surface area contributed by atoms with E-state index in [1.54, 1.807) is 0 Å². The van der Waals surface area contributed by atoms with E-state index < -0.39 is 11.6 Å². The number of halogens is 2. The number of hydrogen-bond acceptors (Lipinski definition) is 1. The molecule has 0 aromatic heterocycles. The summed E-state index contributed by atoms with van der Waals surface area (Å²) in [4.78, 5) is 0. The van der Waals surface area contributed by atoms with Gasteiger partial charge in [-0.3, -0.25) is 0 Å². The van der Waals surface area contributed by atoms with Gasteiger partial charge < -0.3 is 4.74 Å². The second-order valence-corrected chi connectivity index (χ2v) is 3.59. The van der Waals surface area contributed by atoms with Gasteiger partial charge in [-0.2, -0.15) is 0 Å². The highest BCUT2D eigenvalue weighted by molar-refractivity contribution is 5.22. The van der Waals surface area contributed by atoms with Gasteiger partial charge in [-0.15, -0.1) is 0 Å². The fourth-order valence-corrected chi connectivity index (χ4v) is 1.84. The fourth-order valence-electron chi connectivity index (χ4n) is 1.84. The third-order valence-corrected chi connectivity index (χ3v) is 2.58. The van der Waals surface area contributed by atoms with E-state index in [0.717, 1.165) is 24.5 Å². The lowest BCUT2D eigenvalue weighted by Gasteiger charge is -2.22. The number of ether oxygens (including phenoxy) is 1. The Balaban J connectivity index is 2.21. The quantitative estimate of drug-likeness (QED) is 0.674. The molecule has 1 aliphatic rings. The van der Waals surface area contributed by atoms with E-state index in [-0.39, 0.29) is 5.92 Å². The van der Waals surface area contributed by atoms with E-state index in [2.05, 4.69) is 0 Å². The molecule has 0 amide bonds. The van der Waals surface area contributed by atoms with Crippen LogP contribution in [0.5, 0.6) is 0 Å². The maximum absolute atomic E-state index is 12.9. The summed E-state index contributed by atoms with van der Waals surface area (Å²) in [6.07, 6.45) is 1.70.